The first-order valence-electron chi connectivity index (χ1n) is 8.98. The van der Waals surface area contributed by atoms with Gasteiger partial charge in [0.2, 0.25) is 0 Å². The number of guanidine groups is 1. The Labute approximate surface area is 151 Å². The number of benzene rings is 1. The summed E-state index contributed by atoms with van der Waals surface area (Å²) in [6.07, 6.45) is 1.63. The molecule has 0 spiro atoms. The average Bonchev–Trinajstić information content (AvgIpc) is 2.62. The molecular weight excluding hydrogens is 314 g/mol. The number of ether oxygens (including phenoxy) is 1. The molecular formula is C20H31N3O2. The van der Waals surface area contributed by atoms with Crippen LogP contribution in [-0.4, -0.2) is 50.6 Å². The largest absolute Gasteiger partial charge is 0.469 e. The quantitative estimate of drug-likeness (QED) is 0.518. The van der Waals surface area contributed by atoms with Gasteiger partial charge in [-0.1, -0.05) is 43.7 Å². The molecule has 0 saturated carbocycles. The molecule has 25 heavy (non-hydrogen) atoms. The number of carbonyl (C=O) groups excluding carboxylic acids is 1. The molecule has 0 bridgehead atoms. The molecule has 0 aliphatic carbocycles. The number of nitrogens with one attached hydrogen (secondary N) is 1. The minimum absolute atomic E-state index is 0.00625. The fraction of sp³-hybridized carbons (Fsp3) is 0.600. The van der Waals surface area contributed by atoms with Crippen molar-refractivity contribution in [2.45, 2.75) is 39.0 Å². The van der Waals surface area contributed by atoms with Crippen molar-refractivity contribution >= 4 is 11.9 Å². The second-order valence-corrected chi connectivity index (χ2v) is 7.44. The summed E-state index contributed by atoms with van der Waals surface area (Å²) in [6, 6.07) is 8.65. The third-order valence-corrected chi connectivity index (χ3v) is 5.03. The number of aliphatic imine (C=N–C) groups is 1. The number of likely N-dealkylation sites (tertiary alicyclic amines) is 1. The first kappa shape index (κ1) is 19.3. The van der Waals surface area contributed by atoms with E-state index in [0.29, 0.717) is 0 Å². The molecule has 1 heterocycles. The molecule has 1 aromatic carbocycles. The van der Waals surface area contributed by atoms with E-state index in [4.69, 9.17) is 4.74 Å². The molecule has 0 aromatic heterocycles. The van der Waals surface area contributed by atoms with Gasteiger partial charge in [-0.05, 0) is 25.3 Å². The van der Waals surface area contributed by atoms with Crippen LogP contribution in [0.5, 0.6) is 0 Å². The number of nitrogens with zero attached hydrogens (tertiary/aromatic N) is 2. The van der Waals surface area contributed by atoms with Gasteiger partial charge in [0.05, 0.1) is 13.0 Å². The summed E-state index contributed by atoms with van der Waals surface area (Å²) in [5.41, 5.74) is 2.60. The highest BCUT2D eigenvalue weighted by Crippen LogP contribution is 2.23. The van der Waals surface area contributed by atoms with Crippen LogP contribution in [0.4, 0.5) is 0 Å². The first-order valence-corrected chi connectivity index (χ1v) is 8.98. The molecule has 138 valence electrons. The Morgan fingerprint density at radius 2 is 2.04 bits per heavy atom. The van der Waals surface area contributed by atoms with Crippen molar-refractivity contribution in [1.82, 2.24) is 10.2 Å². The van der Waals surface area contributed by atoms with Crippen molar-refractivity contribution in [2.75, 3.05) is 33.8 Å². The topological polar surface area (TPSA) is 53.9 Å². The third-order valence-electron chi connectivity index (χ3n) is 5.03. The van der Waals surface area contributed by atoms with E-state index in [1.807, 2.05) is 7.05 Å². The number of aryl methyl sites for hydroxylation is 1. The molecule has 0 radical (unpaired) electrons. The predicted molar refractivity (Wildman–Crippen MR) is 102 cm³/mol. The van der Waals surface area contributed by atoms with Gasteiger partial charge in [-0.2, -0.15) is 0 Å². The Hall–Kier alpha value is -2.04. The Morgan fingerprint density at radius 3 is 2.60 bits per heavy atom. The summed E-state index contributed by atoms with van der Waals surface area (Å²) < 4.78 is 4.86. The maximum Gasteiger partial charge on any atom is 0.308 e. The van der Waals surface area contributed by atoms with E-state index < -0.39 is 0 Å². The molecule has 1 fully saturated rings. The van der Waals surface area contributed by atoms with Gasteiger partial charge in [0.15, 0.2) is 5.96 Å². The normalized spacial score (nSPS) is 16.7. The minimum atomic E-state index is -0.0943. The number of esters is 1. The molecule has 1 saturated heterocycles. The second-order valence-electron chi connectivity index (χ2n) is 7.44. The Kier molecular flexibility index (Phi) is 6.45. The number of hydrogen-bond donors (Lipinski definition) is 1. The molecule has 1 N–H and O–H groups in total. The summed E-state index contributed by atoms with van der Waals surface area (Å²) in [6.45, 7) is 9.06. The van der Waals surface area contributed by atoms with Crippen LogP contribution < -0.4 is 5.32 Å². The smallest absolute Gasteiger partial charge is 0.308 e. The van der Waals surface area contributed by atoms with E-state index >= 15 is 0 Å². The van der Waals surface area contributed by atoms with Gasteiger partial charge in [0.1, 0.15) is 0 Å². The lowest BCUT2D eigenvalue weighted by Crippen LogP contribution is -2.49. The molecule has 1 aromatic rings. The van der Waals surface area contributed by atoms with Crippen molar-refractivity contribution in [1.29, 1.82) is 0 Å². The van der Waals surface area contributed by atoms with Crippen molar-refractivity contribution < 1.29 is 9.53 Å². The highest BCUT2D eigenvalue weighted by atomic mass is 16.5. The van der Waals surface area contributed by atoms with Gasteiger partial charge in [-0.3, -0.25) is 9.79 Å². The van der Waals surface area contributed by atoms with E-state index in [1.165, 1.54) is 18.2 Å². The van der Waals surface area contributed by atoms with Crippen LogP contribution in [0.15, 0.2) is 29.3 Å². The number of hydrogen-bond acceptors (Lipinski definition) is 3. The van der Waals surface area contributed by atoms with Gasteiger partial charge in [-0.25, -0.2) is 0 Å². The van der Waals surface area contributed by atoms with Crippen LogP contribution in [0.25, 0.3) is 0 Å². The summed E-state index contributed by atoms with van der Waals surface area (Å²) >= 11 is 0. The van der Waals surface area contributed by atoms with Crippen LogP contribution >= 0.6 is 0 Å². The highest BCUT2D eigenvalue weighted by molar-refractivity contribution is 5.80. The van der Waals surface area contributed by atoms with Gasteiger partial charge in [0.25, 0.3) is 0 Å². The van der Waals surface area contributed by atoms with E-state index in [1.54, 1.807) is 0 Å². The van der Waals surface area contributed by atoms with Gasteiger partial charge in [-0.15, -0.1) is 0 Å². The monoisotopic (exact) mass is 345 g/mol. The first-order chi connectivity index (χ1) is 11.9. The number of rotatable bonds is 4. The maximum atomic E-state index is 11.7. The summed E-state index contributed by atoms with van der Waals surface area (Å²) in [7, 11) is 3.27. The molecule has 5 nitrogen and oxygen atoms in total. The number of methoxy groups -OCH3 is 1. The van der Waals surface area contributed by atoms with Crippen molar-refractivity contribution in [3.63, 3.8) is 0 Å². The maximum absolute atomic E-state index is 11.7. The van der Waals surface area contributed by atoms with Gasteiger partial charge in [0, 0.05) is 32.1 Å². The average molecular weight is 345 g/mol. The predicted octanol–water partition coefficient (Wildman–Crippen LogP) is 2.73. The van der Waals surface area contributed by atoms with E-state index in [2.05, 4.69) is 60.2 Å². The van der Waals surface area contributed by atoms with Crippen LogP contribution in [0.2, 0.25) is 0 Å². The van der Waals surface area contributed by atoms with E-state index in [0.717, 1.165) is 38.4 Å². The SMILES string of the molecule is CN=C(NCC(C)(C)c1cccc(C)c1)N1CCC(C(=O)OC)CC1. The molecule has 2 rings (SSSR count). The van der Waals surface area contributed by atoms with E-state index in [-0.39, 0.29) is 17.3 Å². The zero-order valence-electron chi connectivity index (χ0n) is 16.1. The number of carbonyl (C=O) groups is 1. The lowest BCUT2D eigenvalue weighted by atomic mass is 9.84. The Balaban J connectivity index is 1.93. The zero-order valence-corrected chi connectivity index (χ0v) is 16.1. The molecule has 1 aliphatic heterocycles. The zero-order chi connectivity index (χ0) is 18.4. The highest BCUT2D eigenvalue weighted by Gasteiger charge is 2.28. The fourth-order valence-corrected chi connectivity index (χ4v) is 3.29. The van der Waals surface area contributed by atoms with Gasteiger partial charge < -0.3 is 15.0 Å². The van der Waals surface area contributed by atoms with E-state index in [9.17, 15) is 4.79 Å². The Bertz CT molecular complexity index is 617. The van der Waals surface area contributed by atoms with Crippen LogP contribution in [0, 0.1) is 12.8 Å². The fourth-order valence-electron chi connectivity index (χ4n) is 3.29. The summed E-state index contributed by atoms with van der Waals surface area (Å²) in [4.78, 5) is 18.3. The van der Waals surface area contributed by atoms with Gasteiger partial charge >= 0.3 is 5.97 Å². The van der Waals surface area contributed by atoms with Crippen LogP contribution in [0.3, 0.4) is 0 Å². The summed E-state index contributed by atoms with van der Waals surface area (Å²) in [5, 5.41) is 3.52. The van der Waals surface area contributed by atoms with Crippen molar-refractivity contribution in [3.05, 3.63) is 35.4 Å². The van der Waals surface area contributed by atoms with Crippen LogP contribution in [-0.2, 0) is 14.9 Å². The Morgan fingerprint density at radius 1 is 1.36 bits per heavy atom. The third kappa shape index (κ3) is 4.97. The van der Waals surface area contributed by atoms with Crippen molar-refractivity contribution in [3.8, 4) is 0 Å². The molecule has 0 atom stereocenters. The molecule has 1 aliphatic rings. The lowest BCUT2D eigenvalue weighted by Gasteiger charge is -2.35. The summed E-state index contributed by atoms with van der Waals surface area (Å²) in [5.74, 6) is 0.829. The van der Waals surface area contributed by atoms with Crippen molar-refractivity contribution in [2.24, 2.45) is 10.9 Å². The lowest BCUT2D eigenvalue weighted by molar-refractivity contribution is -0.146. The molecule has 5 heteroatoms. The molecule has 0 amide bonds. The second kappa shape index (κ2) is 8.37. The van der Waals surface area contributed by atoms with Crippen LogP contribution in [0.1, 0.15) is 37.8 Å². The standard InChI is InChI=1S/C20H31N3O2/c1-15-7-6-8-17(13-15)20(2,3)14-22-19(21-4)23-11-9-16(10-12-23)18(24)25-5/h6-8,13,16H,9-12,14H2,1-5H3,(H,21,22). The number of piperidine rings is 1. The minimum Gasteiger partial charge on any atom is -0.469 e. The molecule has 0 unspecified atom stereocenters.